The van der Waals surface area contributed by atoms with Crippen LogP contribution < -0.4 is 5.32 Å². The van der Waals surface area contributed by atoms with Crippen LogP contribution in [0.5, 0.6) is 0 Å². The molecule has 0 bridgehead atoms. The van der Waals surface area contributed by atoms with Gasteiger partial charge in [-0.3, -0.25) is 0 Å². The fraction of sp³-hybridized carbons (Fsp3) is 0.462. The van der Waals surface area contributed by atoms with Gasteiger partial charge in [-0.25, -0.2) is 4.79 Å². The van der Waals surface area contributed by atoms with Crippen LogP contribution in [0.3, 0.4) is 0 Å². The molecule has 0 saturated carbocycles. The zero-order valence-electron chi connectivity index (χ0n) is 10.0. The molecule has 1 heterocycles. The number of nitrogens with one attached hydrogen (secondary N) is 1. The molecule has 0 aromatic heterocycles. The number of aliphatic hydroxyl groups excluding tert-OH is 1. The first-order valence-electron chi connectivity index (χ1n) is 5.90. The van der Waals surface area contributed by atoms with Gasteiger partial charge in [0.05, 0.1) is 12.1 Å². The van der Waals surface area contributed by atoms with Crippen LogP contribution in [0.25, 0.3) is 0 Å². The molecule has 2 rings (SSSR count). The molecule has 0 radical (unpaired) electrons. The van der Waals surface area contributed by atoms with Gasteiger partial charge < -0.3 is 15.3 Å². The Balaban J connectivity index is 2.33. The summed E-state index contributed by atoms with van der Waals surface area (Å²) >= 11 is 0. The van der Waals surface area contributed by atoms with Gasteiger partial charge in [0.2, 0.25) is 0 Å². The average molecular weight is 234 g/mol. The lowest BCUT2D eigenvalue weighted by molar-refractivity contribution is 0.0573. The Morgan fingerprint density at radius 3 is 2.71 bits per heavy atom. The van der Waals surface area contributed by atoms with Crippen LogP contribution >= 0.6 is 0 Å². The molecule has 4 nitrogen and oxygen atoms in total. The van der Waals surface area contributed by atoms with E-state index in [9.17, 15) is 9.90 Å². The van der Waals surface area contributed by atoms with E-state index in [0.29, 0.717) is 13.1 Å². The van der Waals surface area contributed by atoms with Gasteiger partial charge >= 0.3 is 6.03 Å². The molecule has 1 fully saturated rings. The highest BCUT2D eigenvalue weighted by molar-refractivity contribution is 5.76. The average Bonchev–Trinajstić information content (AvgIpc) is 2.39. The Morgan fingerprint density at radius 2 is 2.12 bits per heavy atom. The van der Waals surface area contributed by atoms with Gasteiger partial charge in [0.25, 0.3) is 0 Å². The second-order valence-corrected chi connectivity index (χ2v) is 4.54. The van der Waals surface area contributed by atoms with Crippen molar-refractivity contribution < 1.29 is 9.90 Å². The van der Waals surface area contributed by atoms with Crippen molar-refractivity contribution in [1.29, 1.82) is 0 Å². The van der Waals surface area contributed by atoms with Gasteiger partial charge in [0.1, 0.15) is 0 Å². The second kappa shape index (κ2) is 4.75. The van der Waals surface area contributed by atoms with E-state index in [2.05, 4.69) is 5.32 Å². The maximum atomic E-state index is 11.9. The maximum absolute atomic E-state index is 11.9. The number of aliphatic hydroxyl groups is 1. The van der Waals surface area contributed by atoms with Gasteiger partial charge in [0.15, 0.2) is 0 Å². The van der Waals surface area contributed by atoms with Gasteiger partial charge in [-0.15, -0.1) is 0 Å². The number of amides is 2. The molecule has 1 unspecified atom stereocenters. The number of urea groups is 1. The van der Waals surface area contributed by atoms with Crippen molar-refractivity contribution in [2.45, 2.75) is 18.9 Å². The predicted octanol–water partition coefficient (Wildman–Crippen LogP) is 1.31. The van der Waals surface area contributed by atoms with Gasteiger partial charge in [-0.2, -0.15) is 0 Å². The van der Waals surface area contributed by atoms with Gasteiger partial charge in [0, 0.05) is 13.1 Å². The van der Waals surface area contributed by atoms with E-state index >= 15 is 0 Å². The molecule has 0 aliphatic carbocycles. The predicted molar refractivity (Wildman–Crippen MR) is 65.6 cm³/mol. The van der Waals surface area contributed by atoms with E-state index in [1.807, 2.05) is 37.3 Å². The second-order valence-electron chi connectivity index (χ2n) is 4.54. The van der Waals surface area contributed by atoms with Crippen LogP contribution in [0, 0.1) is 0 Å². The maximum Gasteiger partial charge on any atom is 0.318 e. The minimum Gasteiger partial charge on any atom is -0.394 e. The summed E-state index contributed by atoms with van der Waals surface area (Å²) in [6.45, 7) is 3.21. The van der Waals surface area contributed by atoms with E-state index in [0.717, 1.165) is 12.0 Å². The quantitative estimate of drug-likeness (QED) is 0.828. The minimum absolute atomic E-state index is 0.0789. The SMILES string of the molecule is CC(CO)(c1ccccc1)N1CCCNC1=O. The third-order valence-corrected chi connectivity index (χ3v) is 3.38. The lowest BCUT2D eigenvalue weighted by atomic mass is 9.90. The molecule has 1 aromatic carbocycles. The molecule has 4 heteroatoms. The van der Waals surface area contributed by atoms with Crippen molar-refractivity contribution in [2.75, 3.05) is 19.7 Å². The summed E-state index contributed by atoms with van der Waals surface area (Å²) in [6, 6.07) is 9.56. The summed E-state index contributed by atoms with van der Waals surface area (Å²) in [7, 11) is 0. The highest BCUT2D eigenvalue weighted by Gasteiger charge is 2.37. The summed E-state index contributed by atoms with van der Waals surface area (Å²) in [5.74, 6) is 0. The number of hydrogen-bond acceptors (Lipinski definition) is 2. The Kier molecular flexibility index (Phi) is 3.33. The van der Waals surface area contributed by atoms with Crippen molar-refractivity contribution >= 4 is 6.03 Å². The van der Waals surface area contributed by atoms with E-state index < -0.39 is 5.54 Å². The molecule has 92 valence electrons. The summed E-state index contributed by atoms with van der Waals surface area (Å²) < 4.78 is 0. The summed E-state index contributed by atoms with van der Waals surface area (Å²) in [5, 5.41) is 12.5. The molecule has 2 N–H and O–H groups in total. The molecular formula is C13H18N2O2. The van der Waals surface area contributed by atoms with Crippen molar-refractivity contribution in [2.24, 2.45) is 0 Å². The zero-order chi connectivity index (χ0) is 12.3. The van der Waals surface area contributed by atoms with Crippen LogP contribution in [0.1, 0.15) is 18.9 Å². The van der Waals surface area contributed by atoms with E-state index in [1.54, 1.807) is 4.90 Å². The van der Waals surface area contributed by atoms with E-state index in [-0.39, 0.29) is 12.6 Å². The minimum atomic E-state index is -0.647. The smallest absolute Gasteiger partial charge is 0.318 e. The van der Waals surface area contributed by atoms with E-state index in [4.69, 9.17) is 0 Å². The highest BCUT2D eigenvalue weighted by atomic mass is 16.3. The van der Waals surface area contributed by atoms with Crippen LogP contribution in [-0.4, -0.2) is 35.7 Å². The standard InChI is InChI=1S/C13H18N2O2/c1-13(10-16,11-6-3-2-4-7-11)15-9-5-8-14-12(15)17/h2-4,6-7,16H,5,8-10H2,1H3,(H,14,17). The largest absolute Gasteiger partial charge is 0.394 e. The summed E-state index contributed by atoms with van der Waals surface area (Å²) in [4.78, 5) is 13.6. The first-order valence-corrected chi connectivity index (χ1v) is 5.90. The third-order valence-electron chi connectivity index (χ3n) is 3.38. The molecule has 1 aliphatic rings. The van der Waals surface area contributed by atoms with Crippen molar-refractivity contribution in [3.05, 3.63) is 35.9 Å². The fourth-order valence-corrected chi connectivity index (χ4v) is 2.23. The van der Waals surface area contributed by atoms with Gasteiger partial charge in [-0.05, 0) is 18.9 Å². The van der Waals surface area contributed by atoms with Crippen LogP contribution in [0.2, 0.25) is 0 Å². The first kappa shape index (κ1) is 11.9. The molecule has 1 aromatic rings. The van der Waals surface area contributed by atoms with Crippen LogP contribution in [0.15, 0.2) is 30.3 Å². The Labute approximate surface area is 101 Å². The number of benzene rings is 1. The zero-order valence-corrected chi connectivity index (χ0v) is 10.0. The molecule has 1 aliphatic heterocycles. The molecule has 17 heavy (non-hydrogen) atoms. The third kappa shape index (κ3) is 2.13. The normalized spacial score (nSPS) is 19.6. The Hall–Kier alpha value is -1.55. The van der Waals surface area contributed by atoms with E-state index in [1.165, 1.54) is 0 Å². The molecule has 0 spiro atoms. The Morgan fingerprint density at radius 1 is 1.41 bits per heavy atom. The highest BCUT2D eigenvalue weighted by Crippen LogP contribution is 2.28. The molecule has 2 amide bonds. The lowest BCUT2D eigenvalue weighted by Crippen LogP contribution is -2.57. The molecular weight excluding hydrogens is 216 g/mol. The van der Waals surface area contributed by atoms with Crippen LogP contribution in [0.4, 0.5) is 4.79 Å². The number of carbonyl (C=O) groups excluding carboxylic acids is 1. The number of carbonyl (C=O) groups is 1. The summed E-state index contributed by atoms with van der Waals surface area (Å²) in [6.07, 6.45) is 0.911. The first-order chi connectivity index (χ1) is 8.18. The lowest BCUT2D eigenvalue weighted by Gasteiger charge is -2.42. The van der Waals surface area contributed by atoms with Crippen molar-refractivity contribution in [3.63, 3.8) is 0 Å². The van der Waals surface area contributed by atoms with Crippen LogP contribution in [-0.2, 0) is 5.54 Å². The fourth-order valence-electron chi connectivity index (χ4n) is 2.23. The number of hydrogen-bond donors (Lipinski definition) is 2. The molecule has 1 saturated heterocycles. The van der Waals surface area contributed by atoms with Crippen molar-refractivity contribution in [3.8, 4) is 0 Å². The van der Waals surface area contributed by atoms with Gasteiger partial charge in [-0.1, -0.05) is 30.3 Å². The molecule has 1 atom stereocenters. The number of rotatable bonds is 3. The Bertz CT molecular complexity index is 394. The monoisotopic (exact) mass is 234 g/mol. The topological polar surface area (TPSA) is 52.6 Å². The van der Waals surface area contributed by atoms with Crippen molar-refractivity contribution in [1.82, 2.24) is 10.2 Å². The summed E-state index contributed by atoms with van der Waals surface area (Å²) in [5.41, 5.74) is 0.311. The number of nitrogens with zero attached hydrogens (tertiary/aromatic N) is 1.